The molecular weight excluding hydrogens is 218 g/mol. The van der Waals surface area contributed by atoms with Gasteiger partial charge in [0.25, 0.3) is 0 Å². The van der Waals surface area contributed by atoms with Gasteiger partial charge in [0.2, 0.25) is 5.91 Å². The molecule has 3 atom stereocenters. The van der Waals surface area contributed by atoms with E-state index < -0.39 is 0 Å². The molecule has 0 aromatic heterocycles. The predicted octanol–water partition coefficient (Wildman–Crippen LogP) is 1.05. The number of carbonyl (C=O) groups is 2. The second-order valence-electron chi connectivity index (χ2n) is 5.72. The second kappa shape index (κ2) is 4.00. The van der Waals surface area contributed by atoms with Gasteiger partial charge in [-0.3, -0.25) is 9.59 Å². The van der Waals surface area contributed by atoms with Gasteiger partial charge in [0.1, 0.15) is 0 Å². The van der Waals surface area contributed by atoms with Gasteiger partial charge in [-0.2, -0.15) is 0 Å². The zero-order chi connectivity index (χ0) is 12.0. The standard InChI is InChI=1S/C13H19NO3/c1-17-13(16)8-2-3-14(7-8)12(15)11-5-9-4-10(9)6-11/h8-11H,2-7H2,1H3. The van der Waals surface area contributed by atoms with Gasteiger partial charge in [0.15, 0.2) is 0 Å². The van der Waals surface area contributed by atoms with Crippen molar-refractivity contribution in [1.82, 2.24) is 4.90 Å². The van der Waals surface area contributed by atoms with Crippen LogP contribution < -0.4 is 0 Å². The Hall–Kier alpha value is -1.06. The summed E-state index contributed by atoms with van der Waals surface area (Å²) in [5.41, 5.74) is 0. The number of carbonyl (C=O) groups excluding carboxylic acids is 2. The SMILES string of the molecule is COC(=O)C1CCN(C(=O)C2CC3CC3C2)C1. The summed E-state index contributed by atoms with van der Waals surface area (Å²) in [6.45, 7) is 1.29. The maximum Gasteiger partial charge on any atom is 0.310 e. The predicted molar refractivity (Wildman–Crippen MR) is 61.0 cm³/mol. The monoisotopic (exact) mass is 237 g/mol. The van der Waals surface area contributed by atoms with E-state index in [0.29, 0.717) is 6.54 Å². The molecule has 2 aliphatic carbocycles. The van der Waals surface area contributed by atoms with Crippen LogP contribution in [0, 0.1) is 23.7 Å². The lowest BCUT2D eigenvalue weighted by molar-refractivity contribution is -0.145. The fraction of sp³-hybridized carbons (Fsp3) is 0.846. The molecule has 0 aromatic carbocycles. The minimum atomic E-state index is -0.172. The number of methoxy groups -OCH3 is 1. The number of fused-ring (bicyclic) bond motifs is 1. The molecule has 1 amide bonds. The van der Waals surface area contributed by atoms with Crippen molar-refractivity contribution in [3.8, 4) is 0 Å². The molecule has 17 heavy (non-hydrogen) atoms. The molecule has 1 heterocycles. The van der Waals surface area contributed by atoms with Crippen molar-refractivity contribution < 1.29 is 14.3 Å². The molecule has 2 saturated carbocycles. The Kier molecular flexibility index (Phi) is 2.60. The Balaban J connectivity index is 1.55. The van der Waals surface area contributed by atoms with Crippen molar-refractivity contribution in [2.45, 2.75) is 25.7 Å². The number of likely N-dealkylation sites (tertiary alicyclic amines) is 1. The van der Waals surface area contributed by atoms with Gasteiger partial charge in [-0.1, -0.05) is 0 Å². The van der Waals surface area contributed by atoms with Gasteiger partial charge in [0, 0.05) is 19.0 Å². The molecule has 4 heteroatoms. The molecular formula is C13H19NO3. The molecule has 0 bridgehead atoms. The van der Waals surface area contributed by atoms with Crippen LogP contribution in [0.2, 0.25) is 0 Å². The highest BCUT2D eigenvalue weighted by atomic mass is 16.5. The molecule has 4 nitrogen and oxygen atoms in total. The Bertz CT molecular complexity index is 345. The molecule has 94 valence electrons. The Morgan fingerprint density at radius 3 is 2.47 bits per heavy atom. The molecule has 0 radical (unpaired) electrons. The van der Waals surface area contributed by atoms with Crippen LogP contribution in [0.3, 0.4) is 0 Å². The summed E-state index contributed by atoms with van der Waals surface area (Å²) in [7, 11) is 1.41. The maximum atomic E-state index is 12.2. The van der Waals surface area contributed by atoms with Crippen molar-refractivity contribution in [1.29, 1.82) is 0 Å². The smallest absolute Gasteiger partial charge is 0.310 e. The van der Waals surface area contributed by atoms with Gasteiger partial charge in [-0.05, 0) is 37.5 Å². The third-order valence-corrected chi connectivity index (χ3v) is 4.63. The lowest BCUT2D eigenvalue weighted by atomic mass is 10.0. The Labute approximate surface area is 101 Å². The average molecular weight is 237 g/mol. The first-order valence-electron chi connectivity index (χ1n) is 6.55. The first-order chi connectivity index (χ1) is 8.19. The lowest BCUT2D eigenvalue weighted by Crippen LogP contribution is -2.34. The largest absolute Gasteiger partial charge is 0.469 e. The molecule has 1 saturated heterocycles. The third-order valence-electron chi connectivity index (χ3n) is 4.63. The quantitative estimate of drug-likeness (QED) is 0.674. The summed E-state index contributed by atoms with van der Waals surface area (Å²) >= 11 is 0. The fourth-order valence-electron chi connectivity index (χ4n) is 3.49. The summed E-state index contributed by atoms with van der Waals surface area (Å²) in [4.78, 5) is 25.5. The highest BCUT2D eigenvalue weighted by molar-refractivity contribution is 5.81. The van der Waals surface area contributed by atoms with Crippen molar-refractivity contribution in [2.75, 3.05) is 20.2 Å². The summed E-state index contributed by atoms with van der Waals surface area (Å²) in [5.74, 6) is 1.93. The fourth-order valence-corrected chi connectivity index (χ4v) is 3.49. The van der Waals surface area contributed by atoms with Crippen molar-refractivity contribution >= 4 is 11.9 Å². The summed E-state index contributed by atoms with van der Waals surface area (Å²) < 4.78 is 4.73. The molecule has 0 aromatic rings. The van der Waals surface area contributed by atoms with E-state index in [1.54, 1.807) is 0 Å². The molecule has 3 rings (SSSR count). The zero-order valence-electron chi connectivity index (χ0n) is 10.2. The molecule has 3 fully saturated rings. The van der Waals surface area contributed by atoms with E-state index in [0.717, 1.165) is 37.6 Å². The first-order valence-corrected chi connectivity index (χ1v) is 6.55. The van der Waals surface area contributed by atoms with Crippen LogP contribution in [-0.4, -0.2) is 37.0 Å². The van der Waals surface area contributed by atoms with E-state index in [1.807, 2.05) is 4.90 Å². The topological polar surface area (TPSA) is 46.6 Å². The second-order valence-corrected chi connectivity index (χ2v) is 5.72. The van der Waals surface area contributed by atoms with Crippen LogP contribution in [0.15, 0.2) is 0 Å². The van der Waals surface area contributed by atoms with Crippen LogP contribution in [0.1, 0.15) is 25.7 Å². The highest BCUT2D eigenvalue weighted by Gasteiger charge is 2.49. The van der Waals surface area contributed by atoms with Gasteiger partial charge in [-0.25, -0.2) is 0 Å². The Morgan fingerprint density at radius 1 is 1.12 bits per heavy atom. The normalized spacial score (nSPS) is 39.0. The van der Waals surface area contributed by atoms with E-state index in [2.05, 4.69) is 0 Å². The lowest BCUT2D eigenvalue weighted by Gasteiger charge is -2.21. The summed E-state index contributed by atoms with van der Waals surface area (Å²) in [5, 5.41) is 0. The average Bonchev–Trinajstić information content (AvgIpc) is 2.82. The zero-order valence-corrected chi connectivity index (χ0v) is 10.2. The Morgan fingerprint density at radius 2 is 1.82 bits per heavy atom. The van der Waals surface area contributed by atoms with Crippen molar-refractivity contribution in [2.24, 2.45) is 23.7 Å². The van der Waals surface area contributed by atoms with E-state index in [1.165, 1.54) is 13.5 Å². The van der Waals surface area contributed by atoms with Gasteiger partial charge in [-0.15, -0.1) is 0 Å². The number of ether oxygens (including phenoxy) is 1. The van der Waals surface area contributed by atoms with Gasteiger partial charge in [0.05, 0.1) is 13.0 Å². The number of rotatable bonds is 2. The number of amides is 1. The molecule has 0 spiro atoms. The molecule has 3 aliphatic rings. The third kappa shape index (κ3) is 1.94. The van der Waals surface area contributed by atoms with E-state index in [-0.39, 0.29) is 23.7 Å². The van der Waals surface area contributed by atoms with E-state index in [9.17, 15) is 9.59 Å². The molecule has 1 aliphatic heterocycles. The van der Waals surface area contributed by atoms with Crippen LogP contribution in [0.5, 0.6) is 0 Å². The molecule has 0 N–H and O–H groups in total. The van der Waals surface area contributed by atoms with E-state index >= 15 is 0 Å². The van der Waals surface area contributed by atoms with Gasteiger partial charge < -0.3 is 9.64 Å². The highest BCUT2D eigenvalue weighted by Crippen LogP contribution is 2.54. The van der Waals surface area contributed by atoms with Crippen LogP contribution in [0.4, 0.5) is 0 Å². The van der Waals surface area contributed by atoms with Crippen molar-refractivity contribution in [3.63, 3.8) is 0 Å². The van der Waals surface area contributed by atoms with Crippen LogP contribution >= 0.6 is 0 Å². The minimum Gasteiger partial charge on any atom is -0.469 e. The van der Waals surface area contributed by atoms with E-state index in [4.69, 9.17) is 4.74 Å². The summed E-state index contributed by atoms with van der Waals surface area (Å²) in [6, 6.07) is 0. The number of nitrogens with zero attached hydrogens (tertiary/aromatic N) is 1. The number of esters is 1. The maximum absolute atomic E-state index is 12.2. The van der Waals surface area contributed by atoms with Crippen LogP contribution in [-0.2, 0) is 14.3 Å². The van der Waals surface area contributed by atoms with Crippen molar-refractivity contribution in [3.05, 3.63) is 0 Å². The number of hydrogen-bond acceptors (Lipinski definition) is 3. The minimum absolute atomic E-state index is 0.0973. The summed E-state index contributed by atoms with van der Waals surface area (Å²) in [6.07, 6.45) is 4.28. The number of hydrogen-bond donors (Lipinski definition) is 0. The van der Waals surface area contributed by atoms with Gasteiger partial charge >= 0.3 is 5.97 Å². The first kappa shape index (κ1) is 11.1. The van der Waals surface area contributed by atoms with Crippen LogP contribution in [0.25, 0.3) is 0 Å². The molecule has 3 unspecified atom stereocenters.